The van der Waals surface area contributed by atoms with Crippen molar-refractivity contribution in [1.29, 1.82) is 0 Å². The molecule has 1 aromatic carbocycles. The first kappa shape index (κ1) is 21.5. The quantitative estimate of drug-likeness (QED) is 0.336. The van der Waals surface area contributed by atoms with Crippen molar-refractivity contribution in [2.24, 2.45) is 0 Å². The molecule has 2 aliphatic rings. The fourth-order valence-corrected chi connectivity index (χ4v) is 4.39. The van der Waals surface area contributed by atoms with Crippen LogP contribution < -0.4 is 0 Å². The lowest BCUT2D eigenvalue weighted by Gasteiger charge is -2.27. The second kappa shape index (κ2) is 10.5. The van der Waals surface area contributed by atoms with Crippen molar-refractivity contribution in [3.63, 3.8) is 0 Å². The third-order valence-corrected chi connectivity index (χ3v) is 6.03. The summed E-state index contributed by atoms with van der Waals surface area (Å²) in [6.07, 6.45) is 10.2. The lowest BCUT2D eigenvalue weighted by molar-refractivity contribution is -0.131. The fourth-order valence-electron chi connectivity index (χ4n) is 4.39. The second-order valence-corrected chi connectivity index (χ2v) is 8.25. The fraction of sp³-hybridized carbons (Fsp3) is 0.520. The van der Waals surface area contributed by atoms with E-state index in [1.54, 1.807) is 0 Å². The van der Waals surface area contributed by atoms with Gasteiger partial charge in [-0.2, -0.15) is 0 Å². The highest BCUT2D eigenvalue weighted by atomic mass is 16.5. The number of rotatable bonds is 9. The summed E-state index contributed by atoms with van der Waals surface area (Å²) in [5, 5.41) is 0. The molecular formula is C25H33NO3. The van der Waals surface area contributed by atoms with Crippen molar-refractivity contribution < 1.29 is 14.3 Å². The zero-order chi connectivity index (χ0) is 20.6. The first-order valence-electron chi connectivity index (χ1n) is 10.9. The van der Waals surface area contributed by atoms with Crippen molar-refractivity contribution in [2.75, 3.05) is 6.61 Å². The minimum atomic E-state index is -0.0233. The van der Waals surface area contributed by atoms with E-state index in [0.29, 0.717) is 25.2 Å². The SMILES string of the molecule is C[C@@H]1CC[C@@H](C)N1C(=O)C1=C(CCC/C=C/COCc2ccccc2)CCC1=O. The van der Waals surface area contributed by atoms with Crippen LogP contribution in [-0.4, -0.2) is 35.3 Å². The molecule has 1 amide bonds. The Bertz CT molecular complexity index is 756. The molecule has 0 radical (unpaired) electrons. The molecule has 0 saturated carbocycles. The number of unbranched alkanes of at least 4 members (excludes halogenated alkanes) is 1. The molecular weight excluding hydrogens is 362 g/mol. The second-order valence-electron chi connectivity index (χ2n) is 8.25. The van der Waals surface area contributed by atoms with E-state index in [-0.39, 0.29) is 23.8 Å². The van der Waals surface area contributed by atoms with E-state index in [1.807, 2.05) is 23.1 Å². The molecule has 1 heterocycles. The average Bonchev–Trinajstić information content (AvgIpc) is 3.26. The summed E-state index contributed by atoms with van der Waals surface area (Å²) in [6, 6.07) is 10.6. The molecule has 1 aromatic rings. The van der Waals surface area contributed by atoms with Gasteiger partial charge in [0.25, 0.3) is 5.91 Å². The van der Waals surface area contributed by atoms with E-state index in [0.717, 1.165) is 44.1 Å². The molecule has 0 bridgehead atoms. The predicted molar refractivity (Wildman–Crippen MR) is 115 cm³/mol. The highest BCUT2D eigenvalue weighted by molar-refractivity contribution is 6.21. The molecule has 0 spiro atoms. The van der Waals surface area contributed by atoms with E-state index >= 15 is 0 Å². The van der Waals surface area contributed by atoms with Gasteiger partial charge in [-0.05, 0) is 57.9 Å². The van der Waals surface area contributed by atoms with Gasteiger partial charge < -0.3 is 9.64 Å². The van der Waals surface area contributed by atoms with Gasteiger partial charge in [0, 0.05) is 18.5 Å². The molecule has 1 saturated heterocycles. The highest BCUT2D eigenvalue weighted by Crippen LogP contribution is 2.32. The monoisotopic (exact) mass is 395 g/mol. The van der Waals surface area contributed by atoms with Crippen LogP contribution in [0.5, 0.6) is 0 Å². The average molecular weight is 396 g/mol. The molecule has 3 rings (SSSR count). The van der Waals surface area contributed by atoms with Gasteiger partial charge in [0.15, 0.2) is 5.78 Å². The van der Waals surface area contributed by atoms with Crippen molar-refractivity contribution in [2.45, 2.75) is 77.5 Å². The molecule has 1 aliphatic heterocycles. The lowest BCUT2D eigenvalue weighted by Crippen LogP contribution is -2.40. The van der Waals surface area contributed by atoms with Gasteiger partial charge in [-0.3, -0.25) is 9.59 Å². The van der Waals surface area contributed by atoms with Crippen LogP contribution in [0.2, 0.25) is 0 Å². The predicted octanol–water partition coefficient (Wildman–Crippen LogP) is 4.99. The summed E-state index contributed by atoms with van der Waals surface area (Å²) in [5.74, 6) is 0.0195. The number of Topliss-reactive ketones (excluding diaryl/α,β-unsaturated/α-hetero) is 1. The van der Waals surface area contributed by atoms with Gasteiger partial charge in [0.05, 0.1) is 18.8 Å². The van der Waals surface area contributed by atoms with Crippen LogP contribution in [0.15, 0.2) is 53.6 Å². The number of ether oxygens (including phenoxy) is 1. The molecule has 156 valence electrons. The van der Waals surface area contributed by atoms with E-state index in [1.165, 1.54) is 5.56 Å². The largest absolute Gasteiger partial charge is 0.373 e. The lowest BCUT2D eigenvalue weighted by atomic mass is 10.0. The Labute approximate surface area is 174 Å². The Morgan fingerprint density at radius 2 is 1.83 bits per heavy atom. The summed E-state index contributed by atoms with van der Waals surface area (Å²) >= 11 is 0. The maximum absolute atomic E-state index is 13.0. The number of hydrogen-bond donors (Lipinski definition) is 0. The maximum atomic E-state index is 13.0. The van der Waals surface area contributed by atoms with Crippen molar-refractivity contribution in [3.8, 4) is 0 Å². The van der Waals surface area contributed by atoms with Gasteiger partial charge in [0.1, 0.15) is 0 Å². The third kappa shape index (κ3) is 5.66. The van der Waals surface area contributed by atoms with E-state index in [4.69, 9.17) is 4.74 Å². The number of benzene rings is 1. The number of carbonyl (C=O) groups excluding carboxylic acids is 2. The number of ketones is 1. The van der Waals surface area contributed by atoms with Gasteiger partial charge in [0.2, 0.25) is 0 Å². The van der Waals surface area contributed by atoms with Crippen LogP contribution in [0.25, 0.3) is 0 Å². The maximum Gasteiger partial charge on any atom is 0.257 e. The Balaban J connectivity index is 1.43. The van der Waals surface area contributed by atoms with Crippen LogP contribution in [-0.2, 0) is 20.9 Å². The molecule has 29 heavy (non-hydrogen) atoms. The Hall–Kier alpha value is -2.20. The van der Waals surface area contributed by atoms with Crippen LogP contribution in [0.3, 0.4) is 0 Å². The normalized spacial score (nSPS) is 22.3. The van der Waals surface area contributed by atoms with Crippen molar-refractivity contribution >= 4 is 11.7 Å². The first-order valence-corrected chi connectivity index (χ1v) is 10.9. The van der Waals surface area contributed by atoms with E-state index in [2.05, 4.69) is 38.1 Å². The molecule has 1 aliphatic carbocycles. The van der Waals surface area contributed by atoms with Gasteiger partial charge >= 0.3 is 0 Å². The molecule has 4 nitrogen and oxygen atoms in total. The highest BCUT2D eigenvalue weighted by Gasteiger charge is 2.37. The molecule has 0 unspecified atom stereocenters. The molecule has 0 N–H and O–H groups in total. The number of hydrogen-bond acceptors (Lipinski definition) is 3. The van der Waals surface area contributed by atoms with Crippen LogP contribution in [0, 0.1) is 0 Å². The summed E-state index contributed by atoms with van der Waals surface area (Å²) < 4.78 is 5.65. The molecule has 4 heteroatoms. The van der Waals surface area contributed by atoms with Gasteiger partial charge in [-0.1, -0.05) is 48.1 Å². The van der Waals surface area contributed by atoms with Gasteiger partial charge in [-0.15, -0.1) is 0 Å². The summed E-state index contributed by atoms with van der Waals surface area (Å²) in [4.78, 5) is 27.3. The summed E-state index contributed by atoms with van der Waals surface area (Å²) in [7, 11) is 0. The smallest absolute Gasteiger partial charge is 0.257 e. The zero-order valence-electron chi connectivity index (χ0n) is 17.7. The number of likely N-dealkylation sites (tertiary alicyclic amines) is 1. The van der Waals surface area contributed by atoms with Crippen LogP contribution in [0.4, 0.5) is 0 Å². The van der Waals surface area contributed by atoms with E-state index < -0.39 is 0 Å². The number of carbonyl (C=O) groups is 2. The van der Waals surface area contributed by atoms with E-state index in [9.17, 15) is 9.59 Å². The molecule has 2 atom stereocenters. The summed E-state index contributed by atoms with van der Waals surface area (Å²) in [6.45, 7) is 5.40. The third-order valence-electron chi connectivity index (χ3n) is 6.03. The zero-order valence-corrected chi connectivity index (χ0v) is 17.7. The van der Waals surface area contributed by atoms with Crippen molar-refractivity contribution in [3.05, 3.63) is 59.2 Å². The summed E-state index contributed by atoms with van der Waals surface area (Å²) in [5.41, 5.74) is 2.75. The minimum absolute atomic E-state index is 0.0233. The topological polar surface area (TPSA) is 46.6 Å². The Morgan fingerprint density at radius 3 is 2.55 bits per heavy atom. The van der Waals surface area contributed by atoms with Crippen molar-refractivity contribution in [1.82, 2.24) is 4.90 Å². The number of nitrogens with zero attached hydrogens (tertiary/aromatic N) is 1. The number of amides is 1. The minimum Gasteiger partial charge on any atom is -0.373 e. The standard InChI is InChI=1S/C25H33NO3/c1-19-13-14-20(2)26(19)25(28)24-22(15-16-23(24)27)12-8-3-4-9-17-29-18-21-10-6-5-7-11-21/h4-7,9-11,19-20H,3,8,12-18H2,1-2H3/b9-4+/t19-,20-/m1/s1. The Kier molecular flexibility index (Phi) is 7.82. The van der Waals surface area contributed by atoms with Crippen LogP contribution >= 0.6 is 0 Å². The molecule has 0 aromatic heterocycles. The number of allylic oxidation sites excluding steroid dienone is 2. The van der Waals surface area contributed by atoms with Gasteiger partial charge in [-0.25, -0.2) is 0 Å². The Morgan fingerprint density at radius 1 is 1.10 bits per heavy atom. The first-order chi connectivity index (χ1) is 14.1. The molecule has 1 fully saturated rings. The van der Waals surface area contributed by atoms with Crippen LogP contribution in [0.1, 0.15) is 64.4 Å².